The van der Waals surface area contributed by atoms with Crippen molar-refractivity contribution in [2.45, 2.75) is 26.9 Å². The minimum absolute atomic E-state index is 0.279. The van der Waals surface area contributed by atoms with Crippen LogP contribution in [0.2, 0.25) is 0 Å². The van der Waals surface area contributed by atoms with Crippen LogP contribution in [0, 0.1) is 13.8 Å². The molecule has 23 heavy (non-hydrogen) atoms. The molecule has 1 aromatic carbocycles. The lowest BCUT2D eigenvalue weighted by molar-refractivity contribution is 0.0265. The minimum Gasteiger partial charge on any atom is -0.449 e. The molecule has 0 radical (unpaired) electrons. The van der Waals surface area contributed by atoms with Gasteiger partial charge in [0.25, 0.3) is 5.89 Å². The van der Waals surface area contributed by atoms with E-state index in [4.69, 9.17) is 9.26 Å². The number of benzene rings is 1. The normalized spacial score (nSPS) is 12.1. The number of aromatic nitrogens is 2. The summed E-state index contributed by atoms with van der Waals surface area (Å²) in [7, 11) is 0. The summed E-state index contributed by atoms with van der Waals surface area (Å²) in [5.74, 6) is 0.381. The Morgan fingerprint density at radius 3 is 2.65 bits per heavy atom. The number of esters is 1. The molecule has 0 saturated carbocycles. The first-order valence-corrected chi connectivity index (χ1v) is 8.03. The Morgan fingerprint density at radius 1 is 1.26 bits per heavy atom. The number of hydrogen-bond acceptors (Lipinski definition) is 6. The van der Waals surface area contributed by atoms with E-state index >= 15 is 0 Å². The minimum atomic E-state index is -0.605. The highest BCUT2D eigenvalue weighted by Crippen LogP contribution is 2.25. The molecule has 118 valence electrons. The summed E-state index contributed by atoms with van der Waals surface area (Å²) in [4.78, 5) is 18.6. The number of thiophene rings is 1. The van der Waals surface area contributed by atoms with Crippen LogP contribution in [0.3, 0.4) is 0 Å². The van der Waals surface area contributed by atoms with Crippen molar-refractivity contribution in [3.63, 3.8) is 0 Å². The SMILES string of the molecule is Cc1cc(C(=O)O[C@@H](C)c2nc(-c3ccccc3)no2)c(C)s1. The fourth-order valence-electron chi connectivity index (χ4n) is 2.21. The van der Waals surface area contributed by atoms with Crippen molar-refractivity contribution < 1.29 is 14.1 Å². The first kappa shape index (κ1) is 15.4. The van der Waals surface area contributed by atoms with Crippen molar-refractivity contribution in [1.82, 2.24) is 10.1 Å². The number of carbonyl (C=O) groups excluding carboxylic acids is 1. The van der Waals surface area contributed by atoms with E-state index in [1.54, 1.807) is 18.3 Å². The van der Waals surface area contributed by atoms with E-state index in [1.165, 1.54) is 0 Å². The van der Waals surface area contributed by atoms with Gasteiger partial charge in [0.1, 0.15) is 0 Å². The third-order valence-corrected chi connectivity index (χ3v) is 4.33. The predicted molar refractivity (Wildman–Crippen MR) is 87.4 cm³/mol. The van der Waals surface area contributed by atoms with E-state index < -0.39 is 6.10 Å². The van der Waals surface area contributed by atoms with Crippen LogP contribution in [0.15, 0.2) is 40.9 Å². The maximum absolute atomic E-state index is 12.2. The summed E-state index contributed by atoms with van der Waals surface area (Å²) in [6, 6.07) is 11.3. The van der Waals surface area contributed by atoms with Crippen LogP contribution in [0.5, 0.6) is 0 Å². The third-order valence-electron chi connectivity index (χ3n) is 3.37. The molecule has 3 aromatic rings. The summed E-state index contributed by atoms with van der Waals surface area (Å²) in [6.07, 6.45) is -0.605. The molecule has 2 aromatic heterocycles. The smallest absolute Gasteiger partial charge is 0.340 e. The van der Waals surface area contributed by atoms with Crippen LogP contribution >= 0.6 is 11.3 Å². The molecule has 1 atom stereocenters. The molecule has 2 heterocycles. The lowest BCUT2D eigenvalue weighted by Crippen LogP contribution is -2.09. The van der Waals surface area contributed by atoms with Crippen LogP contribution in [-0.2, 0) is 4.74 Å². The van der Waals surface area contributed by atoms with E-state index in [9.17, 15) is 4.79 Å². The van der Waals surface area contributed by atoms with Crippen molar-refractivity contribution in [1.29, 1.82) is 0 Å². The Hall–Kier alpha value is -2.47. The molecule has 5 nitrogen and oxygen atoms in total. The van der Waals surface area contributed by atoms with Crippen LogP contribution in [0.4, 0.5) is 0 Å². The number of nitrogens with zero attached hydrogens (tertiary/aromatic N) is 2. The summed E-state index contributed by atoms with van der Waals surface area (Å²) < 4.78 is 10.7. The van der Waals surface area contributed by atoms with Gasteiger partial charge in [-0.1, -0.05) is 35.5 Å². The number of hydrogen-bond donors (Lipinski definition) is 0. The van der Waals surface area contributed by atoms with Gasteiger partial charge < -0.3 is 9.26 Å². The summed E-state index contributed by atoms with van der Waals surface area (Å²) in [6.45, 7) is 5.58. The monoisotopic (exact) mass is 328 g/mol. The molecule has 6 heteroatoms. The second-order valence-electron chi connectivity index (χ2n) is 5.20. The molecule has 0 unspecified atom stereocenters. The Balaban J connectivity index is 1.74. The standard InChI is InChI=1S/C17H16N2O3S/c1-10-9-14(12(3)23-10)17(20)21-11(2)16-18-15(19-22-16)13-7-5-4-6-8-13/h4-9,11H,1-3H3/t11-/m0/s1. The number of aryl methyl sites for hydroxylation is 2. The number of carbonyl (C=O) groups is 1. The third kappa shape index (κ3) is 3.32. The highest BCUT2D eigenvalue weighted by molar-refractivity contribution is 7.12. The van der Waals surface area contributed by atoms with Gasteiger partial charge in [0.2, 0.25) is 5.82 Å². The second-order valence-corrected chi connectivity index (χ2v) is 6.66. The highest BCUT2D eigenvalue weighted by atomic mass is 32.1. The Kier molecular flexibility index (Phi) is 4.25. The van der Waals surface area contributed by atoms with Crippen LogP contribution < -0.4 is 0 Å². The first-order chi connectivity index (χ1) is 11.0. The fourth-order valence-corrected chi connectivity index (χ4v) is 3.12. The van der Waals surface area contributed by atoms with Gasteiger partial charge in [-0.15, -0.1) is 11.3 Å². The Morgan fingerprint density at radius 2 is 2.00 bits per heavy atom. The topological polar surface area (TPSA) is 65.2 Å². The lowest BCUT2D eigenvalue weighted by atomic mass is 10.2. The van der Waals surface area contributed by atoms with Crippen molar-refractivity contribution in [2.24, 2.45) is 0 Å². The van der Waals surface area contributed by atoms with E-state index in [2.05, 4.69) is 10.1 Å². The molecule has 0 aliphatic rings. The van der Waals surface area contributed by atoms with Gasteiger partial charge >= 0.3 is 5.97 Å². The van der Waals surface area contributed by atoms with Gasteiger partial charge in [-0.3, -0.25) is 0 Å². The molecule has 0 saturated heterocycles. The maximum Gasteiger partial charge on any atom is 0.340 e. The van der Waals surface area contributed by atoms with Gasteiger partial charge in [0.15, 0.2) is 6.10 Å². The summed E-state index contributed by atoms with van der Waals surface area (Å²) in [5.41, 5.74) is 1.44. The number of rotatable bonds is 4. The molecule has 0 N–H and O–H groups in total. The first-order valence-electron chi connectivity index (χ1n) is 7.21. The molecule has 0 bridgehead atoms. The molecule has 0 spiro atoms. The Labute approximate surface area is 137 Å². The molecule has 0 amide bonds. The van der Waals surface area contributed by atoms with Crippen molar-refractivity contribution in [3.05, 3.63) is 57.6 Å². The second kappa shape index (κ2) is 6.34. The van der Waals surface area contributed by atoms with E-state index in [0.29, 0.717) is 11.4 Å². The summed E-state index contributed by atoms with van der Waals surface area (Å²) >= 11 is 1.57. The van der Waals surface area contributed by atoms with Crippen LogP contribution in [0.1, 0.15) is 39.0 Å². The van der Waals surface area contributed by atoms with Crippen molar-refractivity contribution >= 4 is 17.3 Å². The average Bonchev–Trinajstić information content (AvgIpc) is 3.15. The Bertz CT molecular complexity index is 823. The van der Waals surface area contributed by atoms with Crippen molar-refractivity contribution in [2.75, 3.05) is 0 Å². The van der Waals surface area contributed by atoms with Gasteiger partial charge in [0.05, 0.1) is 5.56 Å². The van der Waals surface area contributed by atoms with Crippen molar-refractivity contribution in [3.8, 4) is 11.4 Å². The molecular formula is C17H16N2O3S. The van der Waals surface area contributed by atoms with E-state index in [-0.39, 0.29) is 11.9 Å². The van der Waals surface area contributed by atoms with Crippen LogP contribution in [-0.4, -0.2) is 16.1 Å². The van der Waals surface area contributed by atoms with Gasteiger partial charge in [-0.05, 0) is 26.8 Å². The van der Waals surface area contributed by atoms with Gasteiger partial charge in [0, 0.05) is 15.3 Å². The predicted octanol–water partition coefficient (Wildman–Crippen LogP) is 4.33. The highest BCUT2D eigenvalue weighted by Gasteiger charge is 2.22. The molecule has 0 aliphatic carbocycles. The largest absolute Gasteiger partial charge is 0.449 e. The lowest BCUT2D eigenvalue weighted by Gasteiger charge is -2.08. The number of ether oxygens (including phenoxy) is 1. The maximum atomic E-state index is 12.2. The average molecular weight is 328 g/mol. The van der Waals surface area contributed by atoms with E-state index in [0.717, 1.165) is 15.3 Å². The van der Waals surface area contributed by atoms with Gasteiger partial charge in [-0.25, -0.2) is 4.79 Å². The zero-order valence-electron chi connectivity index (χ0n) is 13.1. The van der Waals surface area contributed by atoms with Gasteiger partial charge in [-0.2, -0.15) is 4.98 Å². The zero-order valence-corrected chi connectivity index (χ0v) is 13.9. The molecular weight excluding hydrogens is 312 g/mol. The molecule has 0 fully saturated rings. The fraction of sp³-hybridized carbons (Fsp3) is 0.235. The quantitative estimate of drug-likeness (QED) is 0.667. The zero-order chi connectivity index (χ0) is 16.4. The summed E-state index contributed by atoms with van der Waals surface area (Å²) in [5, 5.41) is 3.93. The van der Waals surface area contributed by atoms with E-state index in [1.807, 2.05) is 50.2 Å². The molecule has 0 aliphatic heterocycles. The van der Waals surface area contributed by atoms with Crippen LogP contribution in [0.25, 0.3) is 11.4 Å². The molecule has 3 rings (SSSR count).